The average Bonchev–Trinajstić information content (AvgIpc) is 2.91. The summed E-state index contributed by atoms with van der Waals surface area (Å²) < 4.78 is 18.4. The molecule has 8 heteroatoms. The summed E-state index contributed by atoms with van der Waals surface area (Å²) in [5, 5.41) is 12.8. The number of nitrogens with zero attached hydrogens (tertiary/aromatic N) is 1. The fraction of sp³-hybridized carbons (Fsp3) is 0.286. The van der Waals surface area contributed by atoms with E-state index in [0.717, 1.165) is 24.2 Å². The SMILES string of the molecule is COc1ccc(F)cc1NC(=O)c1n[nH]c2c1CNCC2.Cl. The van der Waals surface area contributed by atoms with Crippen LogP contribution in [0.5, 0.6) is 5.75 Å². The standard InChI is InChI=1S/C14H15FN4O2.ClH/c1-21-12-3-2-8(15)6-11(12)17-14(20)13-9-7-16-5-4-10(9)18-19-13;/h2-3,6,16H,4-5,7H2,1H3,(H,17,20)(H,18,19);1H. The van der Waals surface area contributed by atoms with Crippen LogP contribution in [0.2, 0.25) is 0 Å². The number of ether oxygens (including phenoxy) is 1. The number of amides is 1. The second kappa shape index (κ2) is 6.76. The predicted octanol–water partition coefficient (Wildman–Crippen LogP) is 1.88. The Hall–Kier alpha value is -2.12. The number of hydrogen-bond acceptors (Lipinski definition) is 4. The van der Waals surface area contributed by atoms with Crippen molar-refractivity contribution in [2.24, 2.45) is 0 Å². The maximum Gasteiger partial charge on any atom is 0.276 e. The molecule has 6 nitrogen and oxygen atoms in total. The number of nitrogens with one attached hydrogen (secondary N) is 3. The molecule has 1 aliphatic heterocycles. The topological polar surface area (TPSA) is 79.0 Å². The van der Waals surface area contributed by atoms with E-state index in [1.807, 2.05) is 0 Å². The number of benzene rings is 1. The van der Waals surface area contributed by atoms with Gasteiger partial charge in [-0.15, -0.1) is 12.4 Å². The van der Waals surface area contributed by atoms with Gasteiger partial charge in [0.2, 0.25) is 0 Å². The third-order valence-corrected chi connectivity index (χ3v) is 3.43. The molecule has 3 rings (SSSR count). The number of anilines is 1. The lowest BCUT2D eigenvalue weighted by atomic mass is 10.1. The minimum absolute atomic E-state index is 0. The van der Waals surface area contributed by atoms with E-state index < -0.39 is 5.82 Å². The Morgan fingerprint density at radius 3 is 3.05 bits per heavy atom. The summed E-state index contributed by atoms with van der Waals surface area (Å²) >= 11 is 0. The first kappa shape index (κ1) is 16.3. The van der Waals surface area contributed by atoms with E-state index in [1.54, 1.807) is 0 Å². The number of carbonyl (C=O) groups excluding carboxylic acids is 1. The van der Waals surface area contributed by atoms with Crippen molar-refractivity contribution in [2.75, 3.05) is 19.0 Å². The van der Waals surface area contributed by atoms with Crippen molar-refractivity contribution >= 4 is 24.0 Å². The zero-order valence-electron chi connectivity index (χ0n) is 11.9. The van der Waals surface area contributed by atoms with Crippen molar-refractivity contribution in [3.8, 4) is 5.75 Å². The molecule has 0 saturated carbocycles. The minimum Gasteiger partial charge on any atom is -0.495 e. The molecule has 1 aliphatic rings. The number of carbonyl (C=O) groups is 1. The maximum atomic E-state index is 13.3. The van der Waals surface area contributed by atoms with Crippen LogP contribution in [-0.4, -0.2) is 29.8 Å². The normalized spacial score (nSPS) is 13.0. The number of halogens is 2. The quantitative estimate of drug-likeness (QED) is 0.804. The van der Waals surface area contributed by atoms with Gasteiger partial charge in [-0.25, -0.2) is 4.39 Å². The van der Waals surface area contributed by atoms with E-state index in [0.29, 0.717) is 18.0 Å². The second-order valence-electron chi connectivity index (χ2n) is 4.75. The molecule has 0 bridgehead atoms. The summed E-state index contributed by atoms with van der Waals surface area (Å²) in [6.07, 6.45) is 0.804. The highest BCUT2D eigenvalue weighted by Gasteiger charge is 2.22. The van der Waals surface area contributed by atoms with Crippen molar-refractivity contribution in [1.82, 2.24) is 15.5 Å². The van der Waals surface area contributed by atoms with E-state index in [9.17, 15) is 9.18 Å². The van der Waals surface area contributed by atoms with E-state index in [1.165, 1.54) is 25.3 Å². The molecule has 0 aliphatic carbocycles. The van der Waals surface area contributed by atoms with Gasteiger partial charge in [-0.1, -0.05) is 0 Å². The van der Waals surface area contributed by atoms with Gasteiger partial charge in [-0.3, -0.25) is 9.89 Å². The van der Waals surface area contributed by atoms with Crippen molar-refractivity contribution < 1.29 is 13.9 Å². The van der Waals surface area contributed by atoms with Crippen molar-refractivity contribution in [2.45, 2.75) is 13.0 Å². The second-order valence-corrected chi connectivity index (χ2v) is 4.75. The van der Waals surface area contributed by atoms with Gasteiger partial charge in [0.1, 0.15) is 11.6 Å². The molecule has 2 aromatic rings. The summed E-state index contributed by atoms with van der Waals surface area (Å²) in [5.41, 5.74) is 2.42. The van der Waals surface area contributed by atoms with Gasteiger partial charge in [0.15, 0.2) is 5.69 Å². The number of hydrogen-bond donors (Lipinski definition) is 3. The third-order valence-electron chi connectivity index (χ3n) is 3.43. The molecule has 1 aromatic heterocycles. The lowest BCUT2D eigenvalue weighted by molar-refractivity contribution is 0.102. The molecule has 0 fully saturated rings. The number of methoxy groups -OCH3 is 1. The molecular weight excluding hydrogens is 311 g/mol. The molecule has 0 spiro atoms. The highest BCUT2D eigenvalue weighted by atomic mass is 35.5. The number of fused-ring (bicyclic) bond motifs is 1. The Kier molecular flexibility index (Phi) is 4.99. The summed E-state index contributed by atoms with van der Waals surface area (Å²) in [6.45, 7) is 1.45. The lowest BCUT2D eigenvalue weighted by Gasteiger charge is -2.13. The zero-order chi connectivity index (χ0) is 14.8. The number of aromatic nitrogens is 2. The Balaban J connectivity index is 0.00000176. The van der Waals surface area contributed by atoms with Gasteiger partial charge in [-0.05, 0) is 12.1 Å². The Labute approximate surface area is 132 Å². The summed E-state index contributed by atoms with van der Waals surface area (Å²) in [7, 11) is 1.46. The minimum atomic E-state index is -0.447. The molecule has 0 saturated heterocycles. The van der Waals surface area contributed by atoms with Gasteiger partial charge in [0.25, 0.3) is 5.91 Å². The van der Waals surface area contributed by atoms with Gasteiger partial charge in [0, 0.05) is 36.8 Å². The van der Waals surface area contributed by atoms with Crippen LogP contribution in [0.3, 0.4) is 0 Å². The molecule has 0 radical (unpaired) electrons. The monoisotopic (exact) mass is 326 g/mol. The van der Waals surface area contributed by atoms with Crippen LogP contribution < -0.4 is 15.4 Å². The average molecular weight is 327 g/mol. The molecular formula is C14H16ClFN4O2. The van der Waals surface area contributed by atoms with Gasteiger partial charge in [0.05, 0.1) is 12.8 Å². The number of H-pyrrole nitrogens is 1. The van der Waals surface area contributed by atoms with Crippen LogP contribution >= 0.6 is 12.4 Å². The molecule has 0 unspecified atom stereocenters. The van der Waals surface area contributed by atoms with Crippen LogP contribution in [0.15, 0.2) is 18.2 Å². The Morgan fingerprint density at radius 1 is 1.45 bits per heavy atom. The van der Waals surface area contributed by atoms with Crippen LogP contribution in [0.1, 0.15) is 21.7 Å². The zero-order valence-corrected chi connectivity index (χ0v) is 12.7. The third kappa shape index (κ3) is 3.05. The molecule has 1 aromatic carbocycles. The lowest BCUT2D eigenvalue weighted by Crippen LogP contribution is -2.25. The Bertz CT molecular complexity index is 689. The van der Waals surface area contributed by atoms with Crippen LogP contribution in [0.4, 0.5) is 10.1 Å². The molecule has 2 heterocycles. The van der Waals surface area contributed by atoms with Crippen molar-refractivity contribution in [3.05, 3.63) is 41.0 Å². The first-order valence-corrected chi connectivity index (χ1v) is 6.60. The summed E-state index contributed by atoms with van der Waals surface area (Å²) in [5.74, 6) is -0.441. The van der Waals surface area contributed by atoms with Gasteiger partial charge in [-0.2, -0.15) is 5.10 Å². The van der Waals surface area contributed by atoms with Gasteiger partial charge < -0.3 is 15.4 Å². The van der Waals surface area contributed by atoms with Gasteiger partial charge >= 0.3 is 0 Å². The first-order chi connectivity index (χ1) is 10.2. The first-order valence-electron chi connectivity index (χ1n) is 6.60. The van der Waals surface area contributed by atoms with Crippen molar-refractivity contribution in [3.63, 3.8) is 0 Å². The predicted molar refractivity (Wildman–Crippen MR) is 82.2 cm³/mol. The summed E-state index contributed by atoms with van der Waals surface area (Å²) in [4.78, 5) is 12.3. The molecule has 118 valence electrons. The highest BCUT2D eigenvalue weighted by Crippen LogP contribution is 2.26. The fourth-order valence-corrected chi connectivity index (χ4v) is 2.37. The van der Waals surface area contributed by atoms with E-state index in [-0.39, 0.29) is 24.0 Å². The molecule has 0 atom stereocenters. The Morgan fingerprint density at radius 2 is 2.27 bits per heavy atom. The summed E-state index contributed by atoms with van der Waals surface area (Å²) in [6, 6.07) is 3.95. The largest absolute Gasteiger partial charge is 0.495 e. The van der Waals surface area contributed by atoms with Crippen LogP contribution in [0, 0.1) is 5.82 Å². The fourth-order valence-electron chi connectivity index (χ4n) is 2.37. The van der Waals surface area contributed by atoms with E-state index in [2.05, 4.69) is 20.8 Å². The van der Waals surface area contributed by atoms with Crippen LogP contribution in [0.25, 0.3) is 0 Å². The van der Waals surface area contributed by atoms with Crippen LogP contribution in [-0.2, 0) is 13.0 Å². The molecule has 22 heavy (non-hydrogen) atoms. The van der Waals surface area contributed by atoms with E-state index >= 15 is 0 Å². The van der Waals surface area contributed by atoms with E-state index in [4.69, 9.17) is 4.74 Å². The number of rotatable bonds is 3. The molecule has 1 amide bonds. The maximum absolute atomic E-state index is 13.3. The number of aromatic amines is 1. The smallest absolute Gasteiger partial charge is 0.276 e. The molecule has 3 N–H and O–H groups in total. The highest BCUT2D eigenvalue weighted by molar-refractivity contribution is 6.04. The van der Waals surface area contributed by atoms with Crippen molar-refractivity contribution in [1.29, 1.82) is 0 Å².